The first-order valence-corrected chi connectivity index (χ1v) is 19.5. The summed E-state index contributed by atoms with van der Waals surface area (Å²) in [6, 6.07) is 18.7. The highest BCUT2D eigenvalue weighted by molar-refractivity contribution is 5.91. The van der Waals surface area contributed by atoms with E-state index >= 15 is 0 Å². The quantitative estimate of drug-likeness (QED) is 0.0403. The normalized spacial score (nSPS) is 11.4. The van der Waals surface area contributed by atoms with E-state index in [1.165, 1.54) is 89.5 Å². The first-order valence-electron chi connectivity index (χ1n) is 19.5. The van der Waals surface area contributed by atoms with Gasteiger partial charge in [-0.1, -0.05) is 140 Å². The van der Waals surface area contributed by atoms with Crippen molar-refractivity contribution < 1.29 is 28.2 Å². The smallest absolute Gasteiger partial charge is 0.390 e. The third-order valence-electron chi connectivity index (χ3n) is 9.04. The number of hydrogen-bond acceptors (Lipinski definition) is 5. The molecule has 0 amide bonds. The van der Waals surface area contributed by atoms with Crippen LogP contribution in [0.3, 0.4) is 0 Å². The van der Waals surface area contributed by atoms with Crippen LogP contribution in [0.4, 0.5) is 4.39 Å². The lowest BCUT2D eigenvalue weighted by molar-refractivity contribution is -0.128. The second-order valence-electron chi connectivity index (χ2n) is 13.5. The van der Waals surface area contributed by atoms with E-state index in [0.29, 0.717) is 23.5 Å². The average molecular weight is 699 g/mol. The van der Waals surface area contributed by atoms with Crippen molar-refractivity contribution in [3.63, 3.8) is 0 Å². The molecule has 0 N–H and O–H groups in total. The molecule has 0 radical (unpaired) electrons. The highest BCUT2D eigenvalue weighted by atomic mass is 19.1. The number of esters is 2. The van der Waals surface area contributed by atoms with Gasteiger partial charge in [-0.05, 0) is 79.8 Å². The van der Waals surface area contributed by atoms with Gasteiger partial charge in [-0.3, -0.25) is 0 Å². The van der Waals surface area contributed by atoms with Crippen LogP contribution >= 0.6 is 0 Å². The van der Waals surface area contributed by atoms with Gasteiger partial charge in [0.25, 0.3) is 0 Å². The topological polar surface area (TPSA) is 61.8 Å². The number of halogens is 1. The maximum atomic E-state index is 14.6. The van der Waals surface area contributed by atoms with Gasteiger partial charge < -0.3 is 14.2 Å². The van der Waals surface area contributed by atoms with E-state index in [0.717, 1.165) is 43.2 Å². The van der Waals surface area contributed by atoms with Crippen LogP contribution in [0.15, 0.2) is 66.7 Å². The van der Waals surface area contributed by atoms with Gasteiger partial charge in [-0.15, -0.1) is 0 Å². The van der Waals surface area contributed by atoms with Crippen LogP contribution in [0.1, 0.15) is 152 Å². The predicted molar refractivity (Wildman–Crippen MR) is 206 cm³/mol. The van der Waals surface area contributed by atoms with Crippen molar-refractivity contribution in [1.82, 2.24) is 0 Å². The second-order valence-corrected chi connectivity index (χ2v) is 13.5. The Hall–Kier alpha value is -4.11. The zero-order valence-corrected chi connectivity index (χ0v) is 31.3. The van der Waals surface area contributed by atoms with E-state index < -0.39 is 11.8 Å². The average Bonchev–Trinajstić information content (AvgIpc) is 3.13. The molecular weight excluding hydrogens is 639 g/mol. The SMILES string of the molecule is CCCCCCCCCCCCCCCOc1ccc(C#CC(=O)Oc2ccc(-c3ccc(C(=O)O[C@@H](C)CCCCCC)cc3)cc2)cc1F. The first kappa shape index (κ1) is 41.3. The molecule has 51 heavy (non-hydrogen) atoms. The van der Waals surface area contributed by atoms with Crippen molar-refractivity contribution in [2.75, 3.05) is 6.61 Å². The molecule has 3 aromatic carbocycles. The minimum absolute atomic E-state index is 0.112. The molecule has 0 aliphatic heterocycles. The fraction of sp³-hybridized carbons (Fsp3) is 0.511. The van der Waals surface area contributed by atoms with E-state index in [1.54, 1.807) is 36.4 Å². The van der Waals surface area contributed by atoms with Crippen molar-refractivity contribution in [3.8, 4) is 34.5 Å². The Morgan fingerprint density at radius 1 is 0.667 bits per heavy atom. The highest BCUT2D eigenvalue weighted by Gasteiger charge is 2.12. The Kier molecular flexibility index (Phi) is 20.2. The maximum Gasteiger partial charge on any atom is 0.390 e. The van der Waals surface area contributed by atoms with Crippen molar-refractivity contribution in [3.05, 3.63) is 83.7 Å². The van der Waals surface area contributed by atoms with Gasteiger partial charge >= 0.3 is 11.9 Å². The largest absolute Gasteiger partial charge is 0.491 e. The minimum atomic E-state index is -0.742. The van der Waals surface area contributed by atoms with Crippen molar-refractivity contribution in [2.45, 2.75) is 142 Å². The lowest BCUT2D eigenvalue weighted by atomic mass is 10.0. The number of carbonyl (C=O) groups excluding carboxylic acids is 2. The summed E-state index contributed by atoms with van der Waals surface area (Å²) in [5.74, 6) is 4.07. The molecule has 0 aliphatic carbocycles. The van der Waals surface area contributed by atoms with Crippen LogP contribution in [-0.2, 0) is 9.53 Å². The van der Waals surface area contributed by atoms with Crippen LogP contribution in [-0.4, -0.2) is 24.6 Å². The van der Waals surface area contributed by atoms with Crippen molar-refractivity contribution in [1.29, 1.82) is 0 Å². The lowest BCUT2D eigenvalue weighted by Gasteiger charge is -2.13. The number of carbonyl (C=O) groups is 2. The van der Waals surface area contributed by atoms with Gasteiger partial charge in [0.1, 0.15) is 5.75 Å². The summed E-state index contributed by atoms with van der Waals surface area (Å²) in [7, 11) is 0. The first-order chi connectivity index (χ1) is 24.9. The molecule has 0 spiro atoms. The molecule has 0 saturated heterocycles. The third kappa shape index (κ3) is 17.1. The van der Waals surface area contributed by atoms with Gasteiger partial charge in [-0.2, -0.15) is 0 Å². The molecule has 0 unspecified atom stereocenters. The molecule has 3 aromatic rings. The molecule has 276 valence electrons. The Bertz CT molecular complexity index is 1490. The Labute approximate surface area is 306 Å². The van der Waals surface area contributed by atoms with E-state index in [9.17, 15) is 14.0 Å². The summed E-state index contributed by atoms with van der Waals surface area (Å²) in [4.78, 5) is 24.9. The number of ether oxygens (including phenoxy) is 3. The van der Waals surface area contributed by atoms with E-state index in [4.69, 9.17) is 14.2 Å². The van der Waals surface area contributed by atoms with Crippen molar-refractivity contribution in [2.24, 2.45) is 0 Å². The predicted octanol–water partition coefficient (Wildman–Crippen LogP) is 12.4. The van der Waals surface area contributed by atoms with Crippen LogP contribution in [0.25, 0.3) is 11.1 Å². The van der Waals surface area contributed by atoms with E-state index in [2.05, 4.69) is 25.7 Å². The molecule has 5 nitrogen and oxygen atoms in total. The summed E-state index contributed by atoms with van der Waals surface area (Å²) in [5, 5.41) is 0. The summed E-state index contributed by atoms with van der Waals surface area (Å²) in [6.07, 6.45) is 21.9. The molecule has 1 atom stereocenters. The summed E-state index contributed by atoms with van der Waals surface area (Å²) in [5.41, 5.74) is 2.69. The number of rotatable bonds is 24. The monoisotopic (exact) mass is 698 g/mol. The summed E-state index contributed by atoms with van der Waals surface area (Å²) >= 11 is 0. The molecule has 0 aromatic heterocycles. The van der Waals surface area contributed by atoms with Gasteiger partial charge in [0, 0.05) is 11.5 Å². The zero-order chi connectivity index (χ0) is 36.5. The van der Waals surface area contributed by atoms with Crippen molar-refractivity contribution >= 4 is 11.9 Å². The molecule has 3 rings (SSSR count). The fourth-order valence-corrected chi connectivity index (χ4v) is 5.94. The van der Waals surface area contributed by atoms with Crippen LogP contribution in [0.5, 0.6) is 11.5 Å². The number of benzene rings is 3. The van der Waals surface area contributed by atoms with Gasteiger partial charge in [0.05, 0.1) is 18.3 Å². The van der Waals surface area contributed by atoms with Gasteiger partial charge in [-0.25, -0.2) is 14.0 Å². The van der Waals surface area contributed by atoms with Crippen LogP contribution in [0, 0.1) is 17.7 Å². The highest BCUT2D eigenvalue weighted by Crippen LogP contribution is 2.24. The minimum Gasteiger partial charge on any atom is -0.491 e. The van der Waals surface area contributed by atoms with Gasteiger partial charge in [0.2, 0.25) is 0 Å². The van der Waals surface area contributed by atoms with Gasteiger partial charge in [0.15, 0.2) is 11.6 Å². The Morgan fingerprint density at radius 2 is 1.20 bits per heavy atom. The number of unbranched alkanes of at least 4 members (excludes halogenated alkanes) is 15. The molecule has 0 saturated carbocycles. The Morgan fingerprint density at radius 3 is 1.76 bits per heavy atom. The third-order valence-corrected chi connectivity index (χ3v) is 9.04. The molecule has 0 aliphatic rings. The molecule has 0 heterocycles. The molecular formula is C45H59FO5. The maximum absolute atomic E-state index is 14.6. The van der Waals surface area contributed by atoms with Crippen LogP contribution in [0.2, 0.25) is 0 Å². The molecule has 6 heteroatoms. The standard InChI is InChI=1S/C45H59FO5/c1-4-6-8-10-11-12-13-14-15-16-17-18-20-34-49-43-32-22-37(35-42(43)46)23-33-44(47)51-41-30-28-39(29-31-41)38-24-26-40(27-25-38)45(48)50-36(3)21-19-9-7-5-2/h22,24-32,35-36H,4-21,34H2,1-3H3/t36-/m0/s1. The molecule has 0 bridgehead atoms. The molecule has 0 fully saturated rings. The van der Waals surface area contributed by atoms with E-state index in [1.807, 2.05) is 31.2 Å². The zero-order valence-electron chi connectivity index (χ0n) is 31.3. The second kappa shape index (κ2) is 24.9. The fourth-order valence-electron chi connectivity index (χ4n) is 5.94. The van der Waals surface area contributed by atoms with Crippen LogP contribution < -0.4 is 9.47 Å². The number of hydrogen-bond donors (Lipinski definition) is 0. The summed E-state index contributed by atoms with van der Waals surface area (Å²) in [6.45, 7) is 6.85. The van der Waals surface area contributed by atoms with E-state index in [-0.39, 0.29) is 17.8 Å². The lowest BCUT2D eigenvalue weighted by Crippen LogP contribution is -2.15. The Balaban J connectivity index is 1.34. The summed E-state index contributed by atoms with van der Waals surface area (Å²) < 4.78 is 31.2.